The molecule has 2 amide bonds. The molecule has 0 aromatic rings. The van der Waals surface area contributed by atoms with Gasteiger partial charge in [0.05, 0.1) is 0 Å². The minimum atomic E-state index is -0.0775. The van der Waals surface area contributed by atoms with Crippen LogP contribution < -0.4 is 5.32 Å². The molecule has 1 fully saturated rings. The van der Waals surface area contributed by atoms with Gasteiger partial charge in [0.2, 0.25) is 0 Å². The van der Waals surface area contributed by atoms with E-state index in [1.165, 1.54) is 17.7 Å². The van der Waals surface area contributed by atoms with Crippen LogP contribution in [0.1, 0.15) is 38.5 Å². The van der Waals surface area contributed by atoms with Crippen molar-refractivity contribution in [2.45, 2.75) is 38.5 Å². The Labute approximate surface area is 119 Å². The number of imide groups is 1. The highest BCUT2D eigenvalue weighted by Gasteiger charge is 2.36. The SMILES string of the molecule is O=C1C2=C(CCC=C2)C(=O)N1CCCC1CCNCC1. The first kappa shape index (κ1) is 13.6. The number of nitrogens with zero attached hydrogens (tertiary/aromatic N) is 1. The van der Waals surface area contributed by atoms with Crippen molar-refractivity contribution in [1.82, 2.24) is 10.2 Å². The second kappa shape index (κ2) is 5.92. The molecular formula is C16H22N2O2. The molecule has 20 heavy (non-hydrogen) atoms. The Morgan fingerprint density at radius 2 is 2.00 bits per heavy atom. The molecule has 108 valence electrons. The van der Waals surface area contributed by atoms with Crippen LogP contribution in [0.4, 0.5) is 0 Å². The van der Waals surface area contributed by atoms with E-state index >= 15 is 0 Å². The number of carbonyl (C=O) groups is 2. The van der Waals surface area contributed by atoms with Gasteiger partial charge in [-0.05, 0) is 57.5 Å². The topological polar surface area (TPSA) is 49.4 Å². The fourth-order valence-corrected chi connectivity index (χ4v) is 3.40. The van der Waals surface area contributed by atoms with Gasteiger partial charge in [0.15, 0.2) is 0 Å². The molecule has 3 aliphatic rings. The number of hydrogen-bond acceptors (Lipinski definition) is 3. The van der Waals surface area contributed by atoms with Gasteiger partial charge in [-0.2, -0.15) is 0 Å². The minimum absolute atomic E-state index is 0.0420. The Bertz CT molecular complexity index is 473. The van der Waals surface area contributed by atoms with Crippen molar-refractivity contribution in [3.05, 3.63) is 23.3 Å². The number of nitrogens with one attached hydrogen (secondary N) is 1. The van der Waals surface area contributed by atoms with E-state index in [-0.39, 0.29) is 11.8 Å². The summed E-state index contributed by atoms with van der Waals surface area (Å²) >= 11 is 0. The van der Waals surface area contributed by atoms with Gasteiger partial charge in [0.1, 0.15) is 0 Å². The Morgan fingerprint density at radius 3 is 2.75 bits per heavy atom. The number of carbonyl (C=O) groups excluding carboxylic acids is 2. The molecular weight excluding hydrogens is 252 g/mol. The van der Waals surface area contributed by atoms with E-state index in [4.69, 9.17) is 0 Å². The molecule has 0 atom stereocenters. The molecule has 0 unspecified atom stereocenters. The van der Waals surface area contributed by atoms with E-state index in [1.807, 2.05) is 12.2 Å². The molecule has 0 bridgehead atoms. The second-order valence-corrected chi connectivity index (χ2v) is 5.93. The van der Waals surface area contributed by atoms with Crippen molar-refractivity contribution in [2.75, 3.05) is 19.6 Å². The van der Waals surface area contributed by atoms with Gasteiger partial charge in [0.25, 0.3) is 11.8 Å². The van der Waals surface area contributed by atoms with Crippen molar-refractivity contribution in [3.8, 4) is 0 Å². The molecule has 2 aliphatic heterocycles. The predicted molar refractivity (Wildman–Crippen MR) is 76.9 cm³/mol. The average Bonchev–Trinajstić information content (AvgIpc) is 2.74. The Kier molecular flexibility index (Phi) is 4.01. The highest BCUT2D eigenvalue weighted by atomic mass is 16.2. The third kappa shape index (κ3) is 2.57. The summed E-state index contributed by atoms with van der Waals surface area (Å²) in [5, 5.41) is 3.36. The molecule has 0 spiro atoms. The van der Waals surface area contributed by atoms with E-state index in [2.05, 4.69) is 5.32 Å². The standard InChI is InChI=1S/C16H22N2O2/c19-15-13-5-1-2-6-14(13)16(20)18(15)11-3-4-12-7-9-17-10-8-12/h1,5,12,17H,2-4,6-11H2. The molecule has 4 nitrogen and oxygen atoms in total. The lowest BCUT2D eigenvalue weighted by molar-refractivity contribution is -0.137. The van der Waals surface area contributed by atoms with Crippen LogP contribution in [-0.2, 0) is 9.59 Å². The molecule has 3 rings (SSSR count). The summed E-state index contributed by atoms with van der Waals surface area (Å²) in [7, 11) is 0. The Balaban J connectivity index is 1.52. The molecule has 2 heterocycles. The lowest BCUT2D eigenvalue weighted by atomic mass is 9.93. The van der Waals surface area contributed by atoms with Gasteiger partial charge >= 0.3 is 0 Å². The summed E-state index contributed by atoms with van der Waals surface area (Å²) in [6.07, 6.45) is 9.92. The monoisotopic (exact) mass is 274 g/mol. The average molecular weight is 274 g/mol. The zero-order valence-corrected chi connectivity index (χ0v) is 11.9. The molecule has 4 heteroatoms. The largest absolute Gasteiger partial charge is 0.317 e. The normalized spacial score (nSPS) is 23.7. The maximum atomic E-state index is 12.2. The van der Waals surface area contributed by atoms with Crippen LogP contribution in [-0.4, -0.2) is 36.3 Å². The maximum absolute atomic E-state index is 12.2. The number of rotatable bonds is 4. The lowest BCUT2D eigenvalue weighted by Gasteiger charge is -2.23. The smallest absolute Gasteiger partial charge is 0.261 e. The highest BCUT2D eigenvalue weighted by molar-refractivity contribution is 6.20. The van der Waals surface area contributed by atoms with Gasteiger partial charge in [-0.3, -0.25) is 14.5 Å². The third-order valence-electron chi connectivity index (χ3n) is 4.60. The third-order valence-corrected chi connectivity index (χ3v) is 4.60. The summed E-state index contributed by atoms with van der Waals surface area (Å²) in [5.41, 5.74) is 1.38. The number of allylic oxidation sites excluding steroid dienone is 1. The summed E-state index contributed by atoms with van der Waals surface area (Å²) in [4.78, 5) is 25.9. The van der Waals surface area contributed by atoms with Crippen LogP contribution >= 0.6 is 0 Å². The summed E-state index contributed by atoms with van der Waals surface area (Å²) in [5.74, 6) is 0.637. The summed E-state index contributed by atoms with van der Waals surface area (Å²) in [6, 6.07) is 0. The lowest BCUT2D eigenvalue weighted by Crippen LogP contribution is -2.33. The van der Waals surface area contributed by atoms with Crippen molar-refractivity contribution in [1.29, 1.82) is 0 Å². The second-order valence-electron chi connectivity index (χ2n) is 5.93. The first-order valence-corrected chi connectivity index (χ1v) is 7.74. The minimum Gasteiger partial charge on any atom is -0.317 e. The van der Waals surface area contributed by atoms with E-state index in [1.54, 1.807) is 0 Å². The van der Waals surface area contributed by atoms with E-state index in [0.717, 1.165) is 50.3 Å². The van der Waals surface area contributed by atoms with E-state index in [0.29, 0.717) is 12.1 Å². The molecule has 1 aliphatic carbocycles. The first-order valence-electron chi connectivity index (χ1n) is 7.74. The predicted octanol–water partition coefficient (Wildman–Crippen LogP) is 1.78. The van der Waals surface area contributed by atoms with Crippen LogP contribution in [0.5, 0.6) is 0 Å². The first-order chi connectivity index (χ1) is 9.77. The summed E-state index contributed by atoms with van der Waals surface area (Å²) < 4.78 is 0. The van der Waals surface area contributed by atoms with Crippen LogP contribution in [0, 0.1) is 5.92 Å². The van der Waals surface area contributed by atoms with Gasteiger partial charge in [-0.25, -0.2) is 0 Å². The van der Waals surface area contributed by atoms with Crippen molar-refractivity contribution < 1.29 is 9.59 Å². The molecule has 0 aromatic heterocycles. The van der Waals surface area contributed by atoms with Gasteiger partial charge in [0, 0.05) is 17.7 Å². The van der Waals surface area contributed by atoms with Crippen molar-refractivity contribution in [3.63, 3.8) is 0 Å². The van der Waals surface area contributed by atoms with Crippen molar-refractivity contribution in [2.24, 2.45) is 5.92 Å². The van der Waals surface area contributed by atoms with Gasteiger partial charge < -0.3 is 5.32 Å². The molecule has 1 saturated heterocycles. The van der Waals surface area contributed by atoms with Gasteiger partial charge in [-0.1, -0.05) is 12.2 Å². The van der Waals surface area contributed by atoms with Crippen LogP contribution in [0.3, 0.4) is 0 Å². The molecule has 1 N–H and O–H groups in total. The maximum Gasteiger partial charge on any atom is 0.261 e. The van der Waals surface area contributed by atoms with Crippen LogP contribution in [0.25, 0.3) is 0 Å². The quantitative estimate of drug-likeness (QED) is 0.795. The van der Waals surface area contributed by atoms with Gasteiger partial charge in [-0.15, -0.1) is 0 Å². The molecule has 0 aromatic carbocycles. The van der Waals surface area contributed by atoms with Crippen LogP contribution in [0.15, 0.2) is 23.3 Å². The van der Waals surface area contributed by atoms with Crippen LogP contribution in [0.2, 0.25) is 0 Å². The fraction of sp³-hybridized carbons (Fsp3) is 0.625. The van der Waals surface area contributed by atoms with E-state index in [9.17, 15) is 9.59 Å². The fourth-order valence-electron chi connectivity index (χ4n) is 3.40. The Hall–Kier alpha value is -1.42. The molecule has 0 saturated carbocycles. The highest BCUT2D eigenvalue weighted by Crippen LogP contribution is 2.29. The number of hydrogen-bond donors (Lipinski definition) is 1. The molecule has 0 radical (unpaired) electrons. The number of piperidine rings is 1. The van der Waals surface area contributed by atoms with Crippen molar-refractivity contribution >= 4 is 11.8 Å². The van der Waals surface area contributed by atoms with E-state index < -0.39 is 0 Å². The zero-order chi connectivity index (χ0) is 13.9. The summed E-state index contributed by atoms with van der Waals surface area (Å²) in [6.45, 7) is 2.79. The Morgan fingerprint density at radius 1 is 1.20 bits per heavy atom. The zero-order valence-electron chi connectivity index (χ0n) is 11.9. The number of amides is 2.